The highest BCUT2D eigenvalue weighted by Gasteiger charge is 2.35. The number of benzene rings is 2. The molecule has 0 radical (unpaired) electrons. The van der Waals surface area contributed by atoms with Crippen LogP contribution in [-0.2, 0) is 11.3 Å². The van der Waals surface area contributed by atoms with Crippen LogP contribution in [0.15, 0.2) is 59.2 Å². The van der Waals surface area contributed by atoms with E-state index in [0.717, 1.165) is 35.1 Å². The number of amides is 2. The molecular formula is C22H20N2O4. The van der Waals surface area contributed by atoms with Gasteiger partial charge in [0.1, 0.15) is 12.2 Å². The summed E-state index contributed by atoms with van der Waals surface area (Å²) in [5, 5.41) is 0.924. The molecule has 142 valence electrons. The molecule has 2 aliphatic rings. The first kappa shape index (κ1) is 16.9. The van der Waals surface area contributed by atoms with E-state index in [1.165, 1.54) is 0 Å². The number of anilines is 1. The molecule has 1 fully saturated rings. The van der Waals surface area contributed by atoms with Crippen LogP contribution in [-0.4, -0.2) is 36.0 Å². The van der Waals surface area contributed by atoms with Crippen molar-refractivity contribution in [1.82, 2.24) is 4.90 Å². The normalized spacial score (nSPS) is 17.5. The number of rotatable bonds is 2. The van der Waals surface area contributed by atoms with Gasteiger partial charge < -0.3 is 14.1 Å². The fourth-order valence-electron chi connectivity index (χ4n) is 4.13. The van der Waals surface area contributed by atoms with E-state index in [4.69, 9.17) is 9.15 Å². The Morgan fingerprint density at radius 2 is 1.86 bits per heavy atom. The van der Waals surface area contributed by atoms with E-state index < -0.39 is 0 Å². The maximum absolute atomic E-state index is 12.9. The molecule has 2 amide bonds. The first-order valence-corrected chi connectivity index (χ1v) is 9.51. The summed E-state index contributed by atoms with van der Waals surface area (Å²) >= 11 is 0. The molecule has 3 heterocycles. The number of likely N-dealkylation sites (tertiary alicyclic amines) is 1. The third-order valence-electron chi connectivity index (χ3n) is 5.62. The largest absolute Gasteiger partial charge is 0.464 e. The lowest BCUT2D eigenvalue weighted by molar-refractivity contribution is 0.0708. The number of para-hydroxylation sites is 1. The number of fused-ring (bicyclic) bond motifs is 2. The molecule has 28 heavy (non-hydrogen) atoms. The minimum absolute atomic E-state index is 0.0168. The number of ether oxygens (including phenoxy) is 1. The topological polar surface area (TPSA) is 63.0 Å². The average Bonchev–Trinajstić information content (AvgIpc) is 3.21. The van der Waals surface area contributed by atoms with Crippen LogP contribution >= 0.6 is 0 Å². The Balaban J connectivity index is 1.31. The van der Waals surface area contributed by atoms with Gasteiger partial charge >= 0.3 is 6.09 Å². The lowest BCUT2D eigenvalue weighted by Gasteiger charge is -2.40. The maximum atomic E-state index is 12.9. The van der Waals surface area contributed by atoms with Crippen LogP contribution < -0.4 is 4.90 Å². The lowest BCUT2D eigenvalue weighted by atomic mass is 10.00. The van der Waals surface area contributed by atoms with Crippen LogP contribution in [0, 0.1) is 0 Å². The minimum Gasteiger partial charge on any atom is -0.464 e. The molecule has 3 aromatic rings. The van der Waals surface area contributed by atoms with Crippen LogP contribution in [0.25, 0.3) is 11.0 Å². The smallest absolute Gasteiger partial charge is 0.414 e. The number of hydrogen-bond acceptors (Lipinski definition) is 4. The molecule has 1 aromatic heterocycles. The summed E-state index contributed by atoms with van der Waals surface area (Å²) in [5.41, 5.74) is 3.38. The zero-order valence-corrected chi connectivity index (χ0v) is 15.3. The molecule has 6 heteroatoms. The number of nitrogens with zero attached hydrogens (tertiary/aromatic N) is 2. The van der Waals surface area contributed by atoms with Crippen LogP contribution in [0.3, 0.4) is 0 Å². The second-order valence-electron chi connectivity index (χ2n) is 7.25. The van der Waals surface area contributed by atoms with Crippen molar-refractivity contribution in [2.45, 2.75) is 25.5 Å². The molecular weight excluding hydrogens is 356 g/mol. The van der Waals surface area contributed by atoms with Crippen molar-refractivity contribution < 1.29 is 18.7 Å². The second kappa shape index (κ2) is 6.71. The SMILES string of the molecule is O=C(c1ccc2occc2c1)N1CCC(N2C(=O)OCc3ccccc32)CC1. The highest BCUT2D eigenvalue weighted by molar-refractivity contribution is 5.98. The van der Waals surface area contributed by atoms with Gasteiger partial charge in [0.2, 0.25) is 0 Å². The van der Waals surface area contributed by atoms with Gasteiger partial charge in [-0.2, -0.15) is 0 Å². The van der Waals surface area contributed by atoms with Gasteiger partial charge in [0.15, 0.2) is 0 Å². The van der Waals surface area contributed by atoms with E-state index in [2.05, 4.69) is 0 Å². The van der Waals surface area contributed by atoms with Crippen LogP contribution in [0.2, 0.25) is 0 Å². The summed E-state index contributed by atoms with van der Waals surface area (Å²) in [6, 6.07) is 15.2. The van der Waals surface area contributed by atoms with Crippen molar-refractivity contribution >= 4 is 28.7 Å². The third-order valence-corrected chi connectivity index (χ3v) is 5.62. The van der Waals surface area contributed by atoms with E-state index >= 15 is 0 Å². The molecule has 0 atom stereocenters. The first-order chi connectivity index (χ1) is 13.7. The number of carbonyl (C=O) groups is 2. The summed E-state index contributed by atoms with van der Waals surface area (Å²) in [6.07, 6.45) is 2.78. The standard InChI is InChI=1S/C22H20N2O4/c25-21(16-5-6-20-15(13-16)9-12-27-20)23-10-7-18(8-11-23)24-19-4-2-1-3-17(19)14-28-22(24)26/h1-6,9,12-13,18H,7-8,10-11,14H2. The number of cyclic esters (lactones) is 1. The van der Waals surface area contributed by atoms with Crippen LogP contribution in [0.5, 0.6) is 0 Å². The van der Waals surface area contributed by atoms with Crippen molar-refractivity contribution in [3.8, 4) is 0 Å². The molecule has 5 rings (SSSR count). The monoisotopic (exact) mass is 376 g/mol. The summed E-state index contributed by atoms with van der Waals surface area (Å²) in [5.74, 6) is 0.0168. The zero-order valence-electron chi connectivity index (χ0n) is 15.3. The van der Waals surface area contributed by atoms with Gasteiger partial charge in [0.25, 0.3) is 5.91 Å². The number of furan rings is 1. The lowest BCUT2D eigenvalue weighted by Crippen LogP contribution is -2.50. The van der Waals surface area contributed by atoms with E-state index in [1.807, 2.05) is 47.4 Å². The van der Waals surface area contributed by atoms with Gasteiger partial charge in [-0.25, -0.2) is 4.79 Å². The molecule has 2 aliphatic heterocycles. The van der Waals surface area contributed by atoms with E-state index in [-0.39, 0.29) is 18.0 Å². The predicted molar refractivity (Wildman–Crippen MR) is 104 cm³/mol. The molecule has 2 aromatic carbocycles. The molecule has 0 N–H and O–H groups in total. The Labute approximate surface area is 162 Å². The average molecular weight is 376 g/mol. The van der Waals surface area contributed by atoms with Gasteiger partial charge in [0.05, 0.1) is 12.0 Å². The summed E-state index contributed by atoms with van der Waals surface area (Å²) < 4.78 is 10.7. The van der Waals surface area contributed by atoms with Gasteiger partial charge in [-0.15, -0.1) is 0 Å². The van der Waals surface area contributed by atoms with Crippen molar-refractivity contribution in [1.29, 1.82) is 0 Å². The number of hydrogen-bond donors (Lipinski definition) is 0. The predicted octanol–water partition coefficient (Wildman–Crippen LogP) is 4.19. The van der Waals surface area contributed by atoms with Crippen molar-refractivity contribution in [2.75, 3.05) is 18.0 Å². The van der Waals surface area contributed by atoms with Gasteiger partial charge in [-0.05, 0) is 43.2 Å². The highest BCUT2D eigenvalue weighted by atomic mass is 16.6. The molecule has 1 saturated heterocycles. The van der Waals surface area contributed by atoms with Gasteiger partial charge in [-0.1, -0.05) is 18.2 Å². The Bertz CT molecular complexity index is 1050. The Kier molecular flexibility index (Phi) is 4.04. The Hall–Kier alpha value is -3.28. The second-order valence-corrected chi connectivity index (χ2v) is 7.25. The van der Waals surface area contributed by atoms with E-state index in [1.54, 1.807) is 17.2 Å². The fourth-order valence-corrected chi connectivity index (χ4v) is 4.13. The number of carbonyl (C=O) groups excluding carboxylic acids is 2. The quantitative estimate of drug-likeness (QED) is 0.673. The molecule has 0 aliphatic carbocycles. The minimum atomic E-state index is -0.297. The zero-order chi connectivity index (χ0) is 19.1. The molecule has 0 saturated carbocycles. The Morgan fingerprint density at radius 1 is 1.04 bits per heavy atom. The van der Waals surface area contributed by atoms with Gasteiger partial charge in [-0.3, -0.25) is 9.69 Å². The van der Waals surface area contributed by atoms with Gasteiger partial charge in [0, 0.05) is 35.6 Å². The van der Waals surface area contributed by atoms with Crippen molar-refractivity contribution in [3.63, 3.8) is 0 Å². The van der Waals surface area contributed by atoms with Crippen molar-refractivity contribution in [3.05, 3.63) is 65.9 Å². The summed E-state index contributed by atoms with van der Waals surface area (Å²) in [4.78, 5) is 28.9. The molecule has 6 nitrogen and oxygen atoms in total. The van der Waals surface area contributed by atoms with E-state index in [9.17, 15) is 9.59 Å². The van der Waals surface area contributed by atoms with E-state index in [0.29, 0.717) is 25.3 Å². The van der Waals surface area contributed by atoms with Crippen LogP contribution in [0.4, 0.5) is 10.5 Å². The first-order valence-electron chi connectivity index (χ1n) is 9.51. The fraction of sp³-hybridized carbons (Fsp3) is 0.273. The van der Waals surface area contributed by atoms with Crippen molar-refractivity contribution in [2.24, 2.45) is 0 Å². The molecule has 0 unspecified atom stereocenters. The Morgan fingerprint density at radius 3 is 2.71 bits per heavy atom. The van der Waals surface area contributed by atoms with Crippen LogP contribution in [0.1, 0.15) is 28.8 Å². The molecule has 0 bridgehead atoms. The summed E-state index contributed by atoms with van der Waals surface area (Å²) in [6.45, 7) is 1.54. The number of piperidine rings is 1. The third kappa shape index (κ3) is 2.81. The highest BCUT2D eigenvalue weighted by Crippen LogP contribution is 2.32. The molecule has 0 spiro atoms. The maximum Gasteiger partial charge on any atom is 0.414 e. The summed E-state index contributed by atoms with van der Waals surface area (Å²) in [7, 11) is 0.